The highest BCUT2D eigenvalue weighted by atomic mass is 16.5. The Balaban J connectivity index is 1.39. The van der Waals surface area contributed by atoms with Crippen LogP contribution in [0.4, 0.5) is 0 Å². The van der Waals surface area contributed by atoms with Gasteiger partial charge in [0.15, 0.2) is 11.5 Å². The van der Waals surface area contributed by atoms with E-state index in [0.717, 1.165) is 18.3 Å². The van der Waals surface area contributed by atoms with E-state index >= 15 is 0 Å². The molecule has 0 radical (unpaired) electrons. The number of nitrogens with zero attached hydrogens (tertiary/aromatic N) is 1. The Hall–Kier alpha value is -1.95. The zero-order chi connectivity index (χ0) is 21.8. The third-order valence-corrected chi connectivity index (χ3v) is 7.69. The Labute approximate surface area is 186 Å². The van der Waals surface area contributed by atoms with Gasteiger partial charge in [-0.05, 0) is 49.8 Å². The molecular weight excluding hydrogens is 394 g/mol. The van der Waals surface area contributed by atoms with Crippen LogP contribution in [-0.2, 0) is 4.74 Å². The highest BCUT2D eigenvalue weighted by molar-refractivity contribution is 5.91. The number of fused-ring (bicyclic) bond motifs is 1. The number of hydrogen-bond donors (Lipinski definition) is 0. The second-order valence-electron chi connectivity index (χ2n) is 9.37. The topological polar surface area (TPSA) is 57.2 Å². The first kappa shape index (κ1) is 22.3. The number of ether oxygens (including phenoxy) is 4. The molecule has 1 aromatic rings. The van der Waals surface area contributed by atoms with Gasteiger partial charge in [-0.3, -0.25) is 4.90 Å². The van der Waals surface area contributed by atoms with Crippen LogP contribution < -0.4 is 14.2 Å². The van der Waals surface area contributed by atoms with Gasteiger partial charge in [0.1, 0.15) is 0 Å². The van der Waals surface area contributed by atoms with E-state index in [1.807, 2.05) is 0 Å². The monoisotopic (exact) mass is 431 g/mol. The smallest absolute Gasteiger partial charge is 0.338 e. The van der Waals surface area contributed by atoms with E-state index in [4.69, 9.17) is 18.9 Å². The van der Waals surface area contributed by atoms with Crippen molar-refractivity contribution in [1.29, 1.82) is 0 Å². The molecule has 0 bridgehead atoms. The van der Waals surface area contributed by atoms with Gasteiger partial charge in [-0.15, -0.1) is 0 Å². The summed E-state index contributed by atoms with van der Waals surface area (Å²) in [7, 11) is 4.65. The molecule has 1 saturated carbocycles. The van der Waals surface area contributed by atoms with Crippen LogP contribution in [0.5, 0.6) is 17.2 Å². The molecule has 6 nitrogen and oxygen atoms in total. The van der Waals surface area contributed by atoms with E-state index < -0.39 is 0 Å². The maximum absolute atomic E-state index is 12.8. The van der Waals surface area contributed by atoms with Crippen LogP contribution in [0.15, 0.2) is 12.1 Å². The largest absolute Gasteiger partial charge is 0.493 e. The van der Waals surface area contributed by atoms with Gasteiger partial charge in [-0.2, -0.15) is 0 Å². The molecule has 0 N–H and O–H groups in total. The van der Waals surface area contributed by atoms with Gasteiger partial charge in [0, 0.05) is 18.5 Å². The second-order valence-corrected chi connectivity index (χ2v) is 9.37. The van der Waals surface area contributed by atoms with Gasteiger partial charge < -0.3 is 18.9 Å². The molecule has 0 amide bonds. The van der Waals surface area contributed by atoms with E-state index in [0.29, 0.717) is 41.4 Å². The summed E-state index contributed by atoms with van der Waals surface area (Å²) >= 11 is 0. The second kappa shape index (κ2) is 10.1. The van der Waals surface area contributed by atoms with Crippen molar-refractivity contribution in [3.63, 3.8) is 0 Å². The summed E-state index contributed by atoms with van der Waals surface area (Å²) in [5, 5.41) is 0. The van der Waals surface area contributed by atoms with E-state index in [1.165, 1.54) is 58.0 Å². The molecule has 0 spiro atoms. The summed E-state index contributed by atoms with van der Waals surface area (Å²) in [4.78, 5) is 15.5. The fourth-order valence-corrected chi connectivity index (χ4v) is 6.07. The van der Waals surface area contributed by atoms with Crippen molar-refractivity contribution < 1.29 is 23.7 Å². The van der Waals surface area contributed by atoms with E-state index in [9.17, 15) is 4.79 Å². The molecule has 2 aliphatic heterocycles. The number of hydrogen-bond acceptors (Lipinski definition) is 6. The van der Waals surface area contributed by atoms with Crippen LogP contribution in [0.25, 0.3) is 0 Å². The predicted octanol–water partition coefficient (Wildman–Crippen LogP) is 4.55. The lowest BCUT2D eigenvalue weighted by Gasteiger charge is -2.36. The average Bonchev–Trinajstić information content (AvgIpc) is 3.27. The minimum absolute atomic E-state index is 0.335. The van der Waals surface area contributed by atoms with Crippen LogP contribution in [0, 0.1) is 17.8 Å². The first-order chi connectivity index (χ1) is 15.1. The maximum atomic E-state index is 12.8. The van der Waals surface area contributed by atoms with Gasteiger partial charge in [-0.1, -0.05) is 32.1 Å². The number of rotatable bonds is 7. The summed E-state index contributed by atoms with van der Waals surface area (Å²) in [6, 6.07) is 3.88. The fourth-order valence-electron chi connectivity index (χ4n) is 6.07. The number of piperidine rings is 1. The molecule has 1 aliphatic carbocycles. The number of carbonyl (C=O) groups excluding carboxylic acids is 1. The van der Waals surface area contributed by atoms with Crippen molar-refractivity contribution in [2.24, 2.45) is 17.8 Å². The van der Waals surface area contributed by atoms with E-state index in [2.05, 4.69) is 4.90 Å². The van der Waals surface area contributed by atoms with Crippen molar-refractivity contribution in [2.45, 2.75) is 57.4 Å². The van der Waals surface area contributed by atoms with Crippen molar-refractivity contribution in [3.05, 3.63) is 17.7 Å². The number of esters is 1. The number of carbonyl (C=O) groups is 1. The van der Waals surface area contributed by atoms with E-state index in [-0.39, 0.29) is 5.97 Å². The van der Waals surface area contributed by atoms with Gasteiger partial charge in [0.25, 0.3) is 0 Å². The first-order valence-corrected chi connectivity index (χ1v) is 11.9. The highest BCUT2D eigenvalue weighted by Gasteiger charge is 2.42. The Morgan fingerprint density at radius 1 is 0.935 bits per heavy atom. The SMILES string of the molecule is COc1cc(C(=O)OC[C@@H]2CCCN3C[C@@H](C4CCCCC4)C[C@@H]23)cc(OC)c1OC. The molecule has 2 saturated heterocycles. The van der Waals surface area contributed by atoms with Crippen molar-refractivity contribution >= 4 is 5.97 Å². The molecule has 31 heavy (non-hydrogen) atoms. The maximum Gasteiger partial charge on any atom is 0.338 e. The molecule has 2 heterocycles. The molecule has 4 rings (SSSR count). The van der Waals surface area contributed by atoms with Crippen LogP contribution >= 0.6 is 0 Å². The molecular formula is C25H37NO5. The zero-order valence-corrected chi connectivity index (χ0v) is 19.2. The van der Waals surface area contributed by atoms with Gasteiger partial charge in [0.05, 0.1) is 33.5 Å². The third-order valence-electron chi connectivity index (χ3n) is 7.69. The predicted molar refractivity (Wildman–Crippen MR) is 119 cm³/mol. The van der Waals surface area contributed by atoms with Crippen LogP contribution in [-0.4, -0.2) is 57.9 Å². The van der Waals surface area contributed by atoms with Crippen LogP contribution in [0.1, 0.15) is 61.7 Å². The van der Waals surface area contributed by atoms with Crippen molar-refractivity contribution in [2.75, 3.05) is 41.0 Å². The van der Waals surface area contributed by atoms with Crippen LogP contribution in [0.2, 0.25) is 0 Å². The lowest BCUT2D eigenvalue weighted by Crippen LogP contribution is -2.42. The Kier molecular flexibility index (Phi) is 7.26. The normalized spacial score (nSPS) is 26.9. The Bertz CT molecular complexity index is 735. The Morgan fingerprint density at radius 3 is 2.29 bits per heavy atom. The van der Waals surface area contributed by atoms with Gasteiger partial charge in [0.2, 0.25) is 5.75 Å². The van der Waals surface area contributed by atoms with Crippen LogP contribution in [0.3, 0.4) is 0 Å². The third kappa shape index (κ3) is 4.79. The minimum Gasteiger partial charge on any atom is -0.493 e. The summed E-state index contributed by atoms with van der Waals surface area (Å²) in [5.74, 6) is 3.22. The quantitative estimate of drug-likeness (QED) is 0.591. The molecule has 3 aliphatic rings. The summed E-state index contributed by atoms with van der Waals surface area (Å²) < 4.78 is 21.9. The lowest BCUT2D eigenvalue weighted by molar-refractivity contribution is 0.0270. The molecule has 0 unspecified atom stereocenters. The fraction of sp³-hybridized carbons (Fsp3) is 0.720. The van der Waals surface area contributed by atoms with Crippen molar-refractivity contribution in [1.82, 2.24) is 4.90 Å². The molecule has 1 aromatic carbocycles. The molecule has 0 aromatic heterocycles. The Morgan fingerprint density at radius 2 is 1.65 bits per heavy atom. The summed E-state index contributed by atoms with van der Waals surface area (Å²) in [5.41, 5.74) is 0.425. The summed E-state index contributed by atoms with van der Waals surface area (Å²) in [6.45, 7) is 2.92. The minimum atomic E-state index is -0.335. The number of benzene rings is 1. The first-order valence-electron chi connectivity index (χ1n) is 11.9. The average molecular weight is 432 g/mol. The van der Waals surface area contributed by atoms with Crippen molar-refractivity contribution in [3.8, 4) is 17.2 Å². The van der Waals surface area contributed by atoms with Gasteiger partial charge >= 0.3 is 5.97 Å². The lowest BCUT2D eigenvalue weighted by atomic mass is 9.78. The zero-order valence-electron chi connectivity index (χ0n) is 19.2. The molecule has 3 atom stereocenters. The highest BCUT2D eigenvalue weighted by Crippen LogP contribution is 2.42. The standard InChI is InChI=1S/C25H37NO5/c1-28-22-13-19(14-23(29-2)24(22)30-3)25(27)31-16-18-10-7-11-26-15-20(12-21(18)26)17-8-5-4-6-9-17/h13-14,17-18,20-21H,4-12,15-16H2,1-3H3/t18-,20-,21-/m0/s1. The molecule has 6 heteroatoms. The van der Waals surface area contributed by atoms with E-state index in [1.54, 1.807) is 33.5 Å². The summed E-state index contributed by atoms with van der Waals surface area (Å²) in [6.07, 6.45) is 10.6. The molecule has 3 fully saturated rings. The van der Waals surface area contributed by atoms with Gasteiger partial charge in [-0.25, -0.2) is 4.79 Å². The molecule has 172 valence electrons. The number of methoxy groups -OCH3 is 3.